The molecule has 124 valence electrons. The second kappa shape index (κ2) is 6.61. The van der Waals surface area contributed by atoms with Crippen LogP contribution in [0.1, 0.15) is 26.3 Å². The summed E-state index contributed by atoms with van der Waals surface area (Å²) in [6, 6.07) is 13.5. The van der Waals surface area contributed by atoms with Crippen LogP contribution in [-0.4, -0.2) is 20.3 Å². The molecular formula is C18H17BrN2O2S. The highest BCUT2D eigenvalue weighted by Gasteiger charge is 2.19. The predicted octanol–water partition coefficient (Wildman–Crippen LogP) is 5.14. The normalized spacial score (nSPS) is 13.7. The lowest BCUT2D eigenvalue weighted by Gasteiger charge is -2.13. The first kappa shape index (κ1) is 17.0. The summed E-state index contributed by atoms with van der Waals surface area (Å²) in [5.74, 6) is 0. The van der Waals surface area contributed by atoms with Crippen LogP contribution in [0.5, 0.6) is 0 Å². The molecule has 0 bridgehead atoms. The summed E-state index contributed by atoms with van der Waals surface area (Å²) in [4.78, 5) is 0. The van der Waals surface area contributed by atoms with E-state index in [1.165, 1.54) is 0 Å². The number of hydrogen-bond acceptors (Lipinski definition) is 3. The van der Waals surface area contributed by atoms with E-state index in [0.717, 1.165) is 32.3 Å². The maximum atomic E-state index is 12.2. The first-order valence-electron chi connectivity index (χ1n) is 7.47. The summed E-state index contributed by atoms with van der Waals surface area (Å²) in [6.07, 6.45) is 1.64. The number of para-hydroxylation sites is 1. The van der Waals surface area contributed by atoms with Crippen molar-refractivity contribution in [2.75, 3.05) is 0 Å². The van der Waals surface area contributed by atoms with Gasteiger partial charge in [-0.3, -0.25) is 0 Å². The molecule has 0 aliphatic rings. The van der Waals surface area contributed by atoms with Gasteiger partial charge in [0, 0.05) is 27.2 Å². The SMILES string of the molecule is CC(C)(C)[S@](=O)N=Cc1cccc(Br)c1-c1noc2ccccc12. The minimum absolute atomic E-state index is 0.400. The van der Waals surface area contributed by atoms with Crippen LogP contribution in [0.15, 0.2) is 55.9 Å². The van der Waals surface area contributed by atoms with Gasteiger partial charge < -0.3 is 4.52 Å². The van der Waals surface area contributed by atoms with Gasteiger partial charge in [-0.25, -0.2) is 4.21 Å². The zero-order chi connectivity index (χ0) is 17.3. The number of hydrogen-bond donors (Lipinski definition) is 0. The lowest BCUT2D eigenvalue weighted by Crippen LogP contribution is -2.19. The summed E-state index contributed by atoms with van der Waals surface area (Å²) < 4.78 is 22.3. The van der Waals surface area contributed by atoms with Crippen molar-refractivity contribution in [1.82, 2.24) is 5.16 Å². The highest BCUT2D eigenvalue weighted by atomic mass is 79.9. The van der Waals surface area contributed by atoms with Crippen LogP contribution in [0.2, 0.25) is 0 Å². The first-order valence-corrected chi connectivity index (χ1v) is 9.37. The predicted molar refractivity (Wildman–Crippen MR) is 103 cm³/mol. The lowest BCUT2D eigenvalue weighted by molar-refractivity contribution is 0.459. The number of halogens is 1. The van der Waals surface area contributed by atoms with Crippen molar-refractivity contribution >= 4 is 44.1 Å². The van der Waals surface area contributed by atoms with Gasteiger partial charge in [-0.1, -0.05) is 45.4 Å². The highest BCUT2D eigenvalue weighted by molar-refractivity contribution is 9.10. The third-order valence-electron chi connectivity index (χ3n) is 3.47. The average molecular weight is 405 g/mol. The molecule has 0 spiro atoms. The van der Waals surface area contributed by atoms with Crippen molar-refractivity contribution in [1.29, 1.82) is 0 Å². The number of benzene rings is 2. The maximum absolute atomic E-state index is 12.2. The molecule has 0 saturated carbocycles. The molecule has 1 aromatic heterocycles. The molecule has 3 aromatic rings. The fourth-order valence-corrected chi connectivity index (χ4v) is 3.32. The molecule has 4 nitrogen and oxygen atoms in total. The zero-order valence-corrected chi connectivity index (χ0v) is 16.0. The number of aromatic nitrogens is 1. The standard InChI is InChI=1S/C18H17BrN2O2S/c1-18(2,3)24(22)20-11-12-7-6-9-14(19)16(12)17-13-8-4-5-10-15(13)23-21-17/h4-11H,1-3H3/t24-/m0/s1. The van der Waals surface area contributed by atoms with Crippen LogP contribution in [0.25, 0.3) is 22.2 Å². The van der Waals surface area contributed by atoms with E-state index in [-0.39, 0.29) is 0 Å². The lowest BCUT2D eigenvalue weighted by atomic mass is 10.0. The summed E-state index contributed by atoms with van der Waals surface area (Å²) in [6.45, 7) is 5.69. The summed E-state index contributed by atoms with van der Waals surface area (Å²) in [5, 5.41) is 5.15. The van der Waals surface area contributed by atoms with Crippen LogP contribution in [0.4, 0.5) is 0 Å². The molecule has 0 unspecified atom stereocenters. The van der Waals surface area contributed by atoms with Crippen LogP contribution < -0.4 is 0 Å². The van der Waals surface area contributed by atoms with Crippen LogP contribution in [0.3, 0.4) is 0 Å². The summed E-state index contributed by atoms with van der Waals surface area (Å²) in [7, 11) is -1.32. The Bertz CT molecular complexity index is 942. The Balaban J connectivity index is 2.12. The van der Waals surface area contributed by atoms with Crippen molar-refractivity contribution in [3.8, 4) is 11.3 Å². The van der Waals surface area contributed by atoms with Gasteiger partial charge in [-0.15, -0.1) is 0 Å². The third kappa shape index (κ3) is 3.35. The minimum atomic E-state index is -1.32. The monoisotopic (exact) mass is 404 g/mol. The van der Waals surface area contributed by atoms with Crippen LogP contribution in [0, 0.1) is 0 Å². The van der Waals surface area contributed by atoms with E-state index in [4.69, 9.17) is 4.52 Å². The molecule has 24 heavy (non-hydrogen) atoms. The van der Waals surface area contributed by atoms with Gasteiger partial charge in [0.25, 0.3) is 0 Å². The molecule has 0 N–H and O–H groups in total. The molecule has 2 aromatic carbocycles. The van der Waals surface area contributed by atoms with Crippen molar-refractivity contribution < 1.29 is 8.73 Å². The van der Waals surface area contributed by atoms with E-state index in [1.54, 1.807) is 6.21 Å². The number of nitrogens with zero attached hydrogens (tertiary/aromatic N) is 2. The van der Waals surface area contributed by atoms with E-state index in [2.05, 4.69) is 25.5 Å². The van der Waals surface area contributed by atoms with Gasteiger partial charge in [0.1, 0.15) is 16.7 Å². The molecule has 6 heteroatoms. The quantitative estimate of drug-likeness (QED) is 0.567. The van der Waals surface area contributed by atoms with Gasteiger partial charge in [-0.05, 0) is 39.0 Å². The van der Waals surface area contributed by atoms with Gasteiger partial charge in [0.2, 0.25) is 0 Å². The van der Waals surface area contributed by atoms with Crippen molar-refractivity contribution in [2.24, 2.45) is 4.40 Å². The smallest absolute Gasteiger partial charge is 0.167 e. The molecule has 3 rings (SSSR count). The Hall–Kier alpha value is -1.79. The molecule has 0 saturated heterocycles. The second-order valence-electron chi connectivity index (χ2n) is 6.33. The Morgan fingerprint density at radius 2 is 1.92 bits per heavy atom. The van der Waals surface area contributed by atoms with E-state index >= 15 is 0 Å². The van der Waals surface area contributed by atoms with E-state index in [1.807, 2.05) is 63.2 Å². The molecule has 1 atom stereocenters. The third-order valence-corrected chi connectivity index (χ3v) is 5.48. The zero-order valence-electron chi connectivity index (χ0n) is 13.6. The topological polar surface area (TPSA) is 55.5 Å². The molecule has 1 heterocycles. The maximum Gasteiger partial charge on any atom is 0.167 e. The summed E-state index contributed by atoms with van der Waals surface area (Å²) >= 11 is 3.58. The van der Waals surface area contributed by atoms with Crippen LogP contribution >= 0.6 is 15.9 Å². The van der Waals surface area contributed by atoms with Gasteiger partial charge >= 0.3 is 0 Å². The fraction of sp³-hybridized carbons (Fsp3) is 0.222. The Morgan fingerprint density at radius 3 is 2.67 bits per heavy atom. The van der Waals surface area contributed by atoms with Gasteiger partial charge in [0.05, 0.1) is 4.75 Å². The Morgan fingerprint density at radius 1 is 1.17 bits per heavy atom. The molecule has 0 aliphatic heterocycles. The van der Waals surface area contributed by atoms with E-state index in [0.29, 0.717) is 0 Å². The minimum Gasteiger partial charge on any atom is -0.356 e. The number of rotatable bonds is 3. The molecule has 0 fully saturated rings. The van der Waals surface area contributed by atoms with Crippen molar-refractivity contribution in [2.45, 2.75) is 25.5 Å². The Labute approximate surface area is 151 Å². The van der Waals surface area contributed by atoms with Gasteiger partial charge in [-0.2, -0.15) is 4.40 Å². The number of fused-ring (bicyclic) bond motifs is 1. The summed E-state index contributed by atoms with van der Waals surface area (Å²) in [5.41, 5.74) is 3.17. The molecule has 0 amide bonds. The second-order valence-corrected chi connectivity index (χ2v) is 9.12. The fourth-order valence-electron chi connectivity index (χ4n) is 2.23. The van der Waals surface area contributed by atoms with Crippen LogP contribution in [-0.2, 0) is 11.0 Å². The average Bonchev–Trinajstić information content (AvgIpc) is 2.95. The molecular weight excluding hydrogens is 388 g/mol. The van der Waals surface area contributed by atoms with Crippen molar-refractivity contribution in [3.63, 3.8) is 0 Å². The van der Waals surface area contributed by atoms with E-state index in [9.17, 15) is 4.21 Å². The van der Waals surface area contributed by atoms with E-state index < -0.39 is 15.7 Å². The highest BCUT2D eigenvalue weighted by Crippen LogP contribution is 2.35. The first-order chi connectivity index (χ1) is 11.4. The molecule has 0 aliphatic carbocycles. The Kier molecular flexibility index (Phi) is 4.69. The molecule has 0 radical (unpaired) electrons. The van der Waals surface area contributed by atoms with Crippen molar-refractivity contribution in [3.05, 3.63) is 52.5 Å². The largest absolute Gasteiger partial charge is 0.356 e. The van der Waals surface area contributed by atoms with Gasteiger partial charge in [0.15, 0.2) is 5.58 Å².